The Hall–Kier alpha value is -4.73. The third-order valence-electron chi connectivity index (χ3n) is 9.25. The van der Waals surface area contributed by atoms with Gasteiger partial charge in [0.25, 0.3) is 0 Å². The van der Waals surface area contributed by atoms with Gasteiger partial charge >= 0.3 is 0 Å². The van der Waals surface area contributed by atoms with Gasteiger partial charge in [-0.1, -0.05) is 105 Å². The van der Waals surface area contributed by atoms with Gasteiger partial charge in [-0.2, -0.15) is 4.58 Å². The minimum Gasteiger partial charge on any atom is -0.372 e. The summed E-state index contributed by atoms with van der Waals surface area (Å²) in [6, 6.07) is 38.8. The molecule has 44 heavy (non-hydrogen) atoms. The van der Waals surface area contributed by atoms with Gasteiger partial charge in [-0.25, -0.2) is 0 Å². The van der Waals surface area contributed by atoms with Gasteiger partial charge in [-0.15, -0.1) is 0 Å². The van der Waals surface area contributed by atoms with Crippen LogP contribution in [-0.2, 0) is 15.6 Å². The van der Waals surface area contributed by atoms with Crippen LogP contribution in [0.15, 0.2) is 156 Å². The molecule has 0 bridgehead atoms. The van der Waals surface area contributed by atoms with Crippen LogP contribution in [0.25, 0.3) is 0 Å². The number of rotatable bonds is 5. The fourth-order valence-electron chi connectivity index (χ4n) is 6.94. The molecule has 218 valence electrons. The van der Waals surface area contributed by atoms with Crippen LogP contribution in [0.3, 0.4) is 0 Å². The molecule has 4 aromatic carbocycles. The third-order valence-corrected chi connectivity index (χ3v) is 9.25. The average molecular weight is 576 g/mol. The zero-order chi connectivity index (χ0) is 30.3. The molecule has 0 saturated carbocycles. The van der Waals surface area contributed by atoms with Crippen LogP contribution < -0.4 is 9.48 Å². The van der Waals surface area contributed by atoms with E-state index in [2.05, 4.69) is 177 Å². The first kappa shape index (κ1) is 28.1. The lowest BCUT2D eigenvalue weighted by atomic mass is 9.81. The number of allylic oxidation sites excluding steroid dienone is 4. The van der Waals surface area contributed by atoms with Crippen molar-refractivity contribution >= 4 is 28.5 Å². The normalized spacial score (nSPS) is 20.4. The molecule has 0 aromatic heterocycles. The predicted molar refractivity (Wildman–Crippen MR) is 185 cm³/mol. The summed E-state index contributed by atoms with van der Waals surface area (Å²) in [6.45, 7) is 10.5. The van der Waals surface area contributed by atoms with Crippen LogP contribution in [0, 0.1) is 0 Å². The van der Waals surface area contributed by atoms with Crippen LogP contribution in [0.5, 0.6) is 0 Å². The second kappa shape index (κ2) is 11.1. The van der Waals surface area contributed by atoms with Gasteiger partial charge in [0.05, 0.1) is 18.6 Å². The number of anilines is 2. The molecular formula is C41H39N2O+. The molecule has 0 N–H and O–H groups in total. The Morgan fingerprint density at radius 3 is 2.09 bits per heavy atom. The van der Waals surface area contributed by atoms with Gasteiger partial charge in [0, 0.05) is 52.3 Å². The number of nitrogens with zero attached hydrogens (tertiary/aromatic N) is 2. The maximum absolute atomic E-state index is 6.12. The molecule has 0 atom stereocenters. The highest BCUT2D eigenvalue weighted by Gasteiger charge is 2.45. The van der Waals surface area contributed by atoms with Crippen LogP contribution in [0.1, 0.15) is 38.8 Å². The second-order valence-electron chi connectivity index (χ2n) is 12.9. The average Bonchev–Trinajstić information content (AvgIpc) is 3.42. The van der Waals surface area contributed by atoms with E-state index in [4.69, 9.17) is 4.74 Å². The lowest BCUT2D eigenvalue weighted by Gasteiger charge is -2.27. The molecule has 0 saturated heterocycles. The van der Waals surface area contributed by atoms with E-state index < -0.39 is 0 Å². The summed E-state index contributed by atoms with van der Waals surface area (Å²) in [4.78, 5) is 2.40. The smallest absolute Gasteiger partial charge is 0.215 e. The Morgan fingerprint density at radius 2 is 1.32 bits per heavy atom. The lowest BCUT2D eigenvalue weighted by Crippen LogP contribution is -2.27. The van der Waals surface area contributed by atoms with Gasteiger partial charge in [0.15, 0.2) is 5.71 Å². The molecule has 3 nitrogen and oxygen atoms in total. The predicted octanol–water partition coefficient (Wildman–Crippen LogP) is 9.71. The van der Waals surface area contributed by atoms with E-state index in [-0.39, 0.29) is 10.8 Å². The van der Waals surface area contributed by atoms with Crippen molar-refractivity contribution < 1.29 is 4.74 Å². The molecule has 0 aliphatic carbocycles. The number of hydrogen-bond donors (Lipinski definition) is 0. The van der Waals surface area contributed by atoms with Crippen molar-refractivity contribution in [3.8, 4) is 0 Å². The van der Waals surface area contributed by atoms with Crippen molar-refractivity contribution in [3.05, 3.63) is 168 Å². The molecule has 0 spiro atoms. The quantitative estimate of drug-likeness (QED) is 0.220. The molecule has 7 rings (SSSR count). The van der Waals surface area contributed by atoms with Crippen molar-refractivity contribution in [2.24, 2.45) is 0 Å². The number of hydrogen-bond acceptors (Lipinski definition) is 2. The van der Waals surface area contributed by atoms with Gasteiger partial charge in [-0.3, -0.25) is 0 Å². The number of ether oxygens (including phenoxy) is 1. The van der Waals surface area contributed by atoms with E-state index in [1.54, 1.807) is 0 Å². The van der Waals surface area contributed by atoms with Crippen molar-refractivity contribution in [1.82, 2.24) is 4.58 Å². The fraction of sp³-hybridized carbons (Fsp3) is 0.195. The molecule has 3 heterocycles. The Morgan fingerprint density at radius 1 is 0.659 bits per heavy atom. The highest BCUT2D eigenvalue weighted by atomic mass is 16.5. The zero-order valence-corrected chi connectivity index (χ0v) is 26.0. The Balaban J connectivity index is 1.25. The molecule has 3 heteroatoms. The summed E-state index contributed by atoms with van der Waals surface area (Å²) in [7, 11) is 0. The molecule has 0 fully saturated rings. The van der Waals surface area contributed by atoms with Crippen molar-refractivity contribution in [2.75, 3.05) is 18.1 Å². The molecule has 0 unspecified atom stereocenters. The van der Waals surface area contributed by atoms with E-state index in [9.17, 15) is 0 Å². The van der Waals surface area contributed by atoms with E-state index in [0.29, 0.717) is 13.2 Å². The zero-order valence-electron chi connectivity index (χ0n) is 26.0. The number of fused-ring (bicyclic) bond motifs is 2. The van der Waals surface area contributed by atoms with E-state index >= 15 is 0 Å². The van der Waals surface area contributed by atoms with Gasteiger partial charge in [-0.05, 0) is 54.8 Å². The first-order chi connectivity index (χ1) is 21.4. The van der Waals surface area contributed by atoms with Crippen LogP contribution in [-0.4, -0.2) is 18.9 Å². The van der Waals surface area contributed by atoms with Crippen LogP contribution >= 0.6 is 0 Å². The maximum Gasteiger partial charge on any atom is 0.215 e. The molecular weight excluding hydrogens is 536 g/mol. The molecule has 3 aliphatic rings. The van der Waals surface area contributed by atoms with E-state index in [1.165, 1.54) is 56.4 Å². The summed E-state index contributed by atoms with van der Waals surface area (Å²) in [6.07, 6.45) is 11.4. The minimum atomic E-state index is -0.133. The van der Waals surface area contributed by atoms with Gasteiger partial charge < -0.3 is 9.64 Å². The fourth-order valence-corrected chi connectivity index (χ4v) is 6.94. The Labute approximate surface area is 261 Å². The highest BCUT2D eigenvalue weighted by Crippen LogP contribution is 2.51. The topological polar surface area (TPSA) is 15.5 Å². The van der Waals surface area contributed by atoms with Crippen molar-refractivity contribution in [1.29, 1.82) is 0 Å². The molecule has 3 aliphatic heterocycles. The summed E-state index contributed by atoms with van der Waals surface area (Å²) in [5, 5.41) is 0. The first-order valence-corrected chi connectivity index (χ1v) is 15.5. The van der Waals surface area contributed by atoms with Gasteiger partial charge in [0.1, 0.15) is 0 Å². The number of benzene rings is 4. The molecule has 0 amide bonds. The van der Waals surface area contributed by atoms with E-state index in [1.807, 2.05) is 0 Å². The summed E-state index contributed by atoms with van der Waals surface area (Å²) >= 11 is 0. The molecule has 4 aromatic rings. The Kier molecular flexibility index (Phi) is 7.07. The van der Waals surface area contributed by atoms with Gasteiger partial charge in [0.2, 0.25) is 11.4 Å². The van der Waals surface area contributed by atoms with Crippen LogP contribution in [0.4, 0.5) is 22.7 Å². The largest absolute Gasteiger partial charge is 0.372 e. The first-order valence-electron chi connectivity index (χ1n) is 15.5. The summed E-state index contributed by atoms with van der Waals surface area (Å²) in [5.74, 6) is 0. The lowest BCUT2D eigenvalue weighted by molar-refractivity contribution is 0.177. The highest BCUT2D eigenvalue weighted by molar-refractivity contribution is 6.10. The Bertz CT molecular complexity index is 1870. The van der Waals surface area contributed by atoms with Crippen molar-refractivity contribution in [2.45, 2.75) is 38.5 Å². The minimum absolute atomic E-state index is 0.133. The van der Waals surface area contributed by atoms with E-state index in [0.717, 1.165) is 0 Å². The third kappa shape index (κ3) is 4.78. The summed E-state index contributed by atoms with van der Waals surface area (Å²) < 4.78 is 8.52. The monoisotopic (exact) mass is 575 g/mol. The number of para-hydroxylation sites is 4. The second-order valence-corrected chi connectivity index (χ2v) is 12.9. The SMILES string of the molecule is CC1(C)C(/C=C/C2=CC(=C/C=C3\N(c4ccccc4)c4ccccc4C3(C)C)COC2)=[N+](c2ccccc2)c2ccccc21. The summed E-state index contributed by atoms with van der Waals surface area (Å²) in [5.41, 5.74) is 12.1. The standard InChI is InChI=1S/C41H39N2O/c1-40(2)34-19-11-13-21-36(34)42(32-15-7-5-8-16-32)38(40)25-23-30-27-31(29-44-28-30)24-26-39-41(3,4)35-20-12-14-22-37(35)43(39)33-17-9-6-10-18-33/h5-27H,28-29H2,1-4H3/q+1. The molecule has 0 radical (unpaired) electrons. The van der Waals surface area contributed by atoms with Crippen LogP contribution in [0.2, 0.25) is 0 Å². The van der Waals surface area contributed by atoms with Crippen molar-refractivity contribution in [3.63, 3.8) is 0 Å². The maximum atomic E-state index is 6.12.